The van der Waals surface area contributed by atoms with Crippen LogP contribution in [0.4, 0.5) is 5.69 Å². The first-order chi connectivity index (χ1) is 18.2. The molecule has 0 amide bonds. The summed E-state index contributed by atoms with van der Waals surface area (Å²) in [6.45, 7) is 35.7. The Morgan fingerprint density at radius 2 is 0.900 bits per heavy atom. The molecule has 0 fully saturated rings. The molecule has 216 valence electrons. The van der Waals surface area contributed by atoms with Crippen LogP contribution in [-0.2, 0) is 0 Å². The van der Waals surface area contributed by atoms with Crippen molar-refractivity contribution in [2.45, 2.75) is 100 Å². The highest BCUT2D eigenvalue weighted by atomic mass is 31.1. The Labute approximate surface area is 250 Å². The van der Waals surface area contributed by atoms with Gasteiger partial charge in [-0.2, -0.15) is 0 Å². The average Bonchev–Trinajstić information content (AvgIpc) is 2.73. The van der Waals surface area contributed by atoms with Gasteiger partial charge in [0.2, 0.25) is 0 Å². The van der Waals surface area contributed by atoms with Crippen molar-refractivity contribution in [1.29, 1.82) is 0 Å². The molecule has 0 unspecified atom stereocenters. The number of nitrogens with zero attached hydrogens (tertiary/aromatic N) is 3. The van der Waals surface area contributed by atoms with E-state index in [0.717, 1.165) is 14.2 Å². The largest absolute Gasteiger partial charge is 0.282 e. The van der Waals surface area contributed by atoms with Crippen LogP contribution >= 0.6 is 8.52 Å². The van der Waals surface area contributed by atoms with Crippen molar-refractivity contribution in [3.05, 3.63) is 75.8 Å². The minimum atomic E-state index is -1.75. The number of hydrazine groups is 1. The quantitative estimate of drug-likeness (QED) is 0.144. The fourth-order valence-corrected chi connectivity index (χ4v) is 23.3. The topological polar surface area (TPSA) is 18.8 Å². The first-order valence-corrected chi connectivity index (χ1v) is 25.7. The lowest BCUT2D eigenvalue weighted by Crippen LogP contribution is -2.68. The Bertz CT molecular complexity index is 1290. The highest BCUT2D eigenvalue weighted by molar-refractivity contribution is 7.29. The summed E-state index contributed by atoms with van der Waals surface area (Å²) in [4.78, 5) is 0. The van der Waals surface area contributed by atoms with Crippen LogP contribution in [0.15, 0.2) is 47.2 Å². The molecule has 0 bridgehead atoms. The second kappa shape index (κ2) is 11.9. The normalized spacial score (nSPS) is 13.2. The van der Waals surface area contributed by atoms with Crippen molar-refractivity contribution in [3.8, 4) is 22.3 Å². The molecule has 0 saturated heterocycles. The van der Waals surface area contributed by atoms with Crippen molar-refractivity contribution in [3.63, 3.8) is 0 Å². The van der Waals surface area contributed by atoms with Gasteiger partial charge in [0.25, 0.3) is 0 Å². The summed E-state index contributed by atoms with van der Waals surface area (Å²) < 4.78 is 11.2. The zero-order chi connectivity index (χ0) is 30.4. The summed E-state index contributed by atoms with van der Waals surface area (Å²) in [6, 6.07) is 16.0. The number of aryl methyl sites for hydroxylation is 6. The molecule has 3 nitrogen and oxygen atoms in total. The minimum Gasteiger partial charge on any atom is -0.282 e. The Hall–Kier alpha value is -1.67. The molecular weight excluding hydrogens is 554 g/mol. The predicted molar refractivity (Wildman–Crippen MR) is 188 cm³/mol. The van der Waals surface area contributed by atoms with Crippen LogP contribution in [0.1, 0.15) is 33.4 Å². The van der Waals surface area contributed by atoms with E-state index in [1.165, 1.54) is 55.6 Å². The standard InChI is InChI=1S/C33H52N3PSi3/c1-23-19-25(3)31(26(4)20-23)29-17-16-18-30(32-27(5)21-24(2)22-28(32)6)33(29)34-37-35(38(7,8)9)36(39(10,11)12)40(13,14)15/h16-22H,1-15H3. The van der Waals surface area contributed by atoms with Gasteiger partial charge < -0.3 is 0 Å². The van der Waals surface area contributed by atoms with Gasteiger partial charge in [-0.25, -0.2) is 9.19 Å². The molecule has 0 spiro atoms. The third-order valence-corrected chi connectivity index (χ3v) is 19.0. The SMILES string of the molecule is Cc1cc(C)c(-c2cccc(-c3c(C)cc(C)cc3C)c2N=PN(N([Si](C)(C)C)[Si](C)(C)C)[Si](C)(C)C)c(C)c1. The smallest absolute Gasteiger partial charge is 0.149 e. The molecule has 0 radical (unpaired) electrons. The number of hydrogen-bond acceptors (Lipinski definition) is 2. The Morgan fingerprint density at radius 3 is 1.20 bits per heavy atom. The van der Waals surface area contributed by atoms with E-state index < -0.39 is 24.7 Å². The van der Waals surface area contributed by atoms with E-state index in [9.17, 15) is 0 Å². The molecule has 0 atom stereocenters. The lowest BCUT2D eigenvalue weighted by Gasteiger charge is -2.52. The minimum absolute atomic E-state index is 1.03. The van der Waals surface area contributed by atoms with Gasteiger partial charge >= 0.3 is 0 Å². The van der Waals surface area contributed by atoms with Crippen molar-refractivity contribution in [1.82, 2.24) is 8.79 Å². The second-order valence-electron chi connectivity index (χ2n) is 14.6. The molecule has 0 aliphatic carbocycles. The van der Waals surface area contributed by atoms with Crippen LogP contribution in [0.2, 0.25) is 58.9 Å². The Morgan fingerprint density at radius 1 is 0.550 bits per heavy atom. The summed E-state index contributed by atoms with van der Waals surface area (Å²) in [5, 5.41) is 0. The molecule has 7 heteroatoms. The monoisotopic (exact) mass is 605 g/mol. The van der Waals surface area contributed by atoms with Gasteiger partial charge in [0.05, 0.1) is 5.69 Å². The predicted octanol–water partition coefficient (Wildman–Crippen LogP) is 11.6. The maximum atomic E-state index is 5.62. The van der Waals surface area contributed by atoms with E-state index in [-0.39, 0.29) is 0 Å². The van der Waals surface area contributed by atoms with E-state index in [1.807, 2.05) is 0 Å². The summed E-state index contributed by atoms with van der Waals surface area (Å²) in [6.07, 6.45) is 0. The number of benzene rings is 3. The molecule has 3 rings (SSSR count). The van der Waals surface area contributed by atoms with Crippen molar-refractivity contribution < 1.29 is 0 Å². The van der Waals surface area contributed by atoms with Crippen LogP contribution in [0.3, 0.4) is 0 Å². The maximum absolute atomic E-state index is 5.62. The molecule has 0 aromatic heterocycles. The lowest BCUT2D eigenvalue weighted by molar-refractivity contribution is 0.390. The lowest BCUT2D eigenvalue weighted by atomic mass is 9.87. The summed E-state index contributed by atoms with van der Waals surface area (Å²) in [5.74, 6) is 0. The van der Waals surface area contributed by atoms with Crippen LogP contribution in [0.5, 0.6) is 0 Å². The van der Waals surface area contributed by atoms with Crippen molar-refractivity contribution in [2.24, 2.45) is 4.74 Å². The maximum Gasteiger partial charge on any atom is 0.149 e. The van der Waals surface area contributed by atoms with Gasteiger partial charge in [-0.1, -0.05) is 113 Å². The first kappa shape index (κ1) is 32.8. The third-order valence-electron chi connectivity index (χ3n) is 7.22. The van der Waals surface area contributed by atoms with E-state index in [0.29, 0.717) is 0 Å². The highest BCUT2D eigenvalue weighted by Gasteiger charge is 2.43. The second-order valence-corrected chi connectivity index (χ2v) is 30.4. The van der Waals surface area contributed by atoms with Gasteiger partial charge in [-0.05, 0) is 74.9 Å². The molecule has 0 heterocycles. The van der Waals surface area contributed by atoms with Gasteiger partial charge in [-0.3, -0.25) is 4.34 Å². The number of rotatable bonds is 8. The Kier molecular flexibility index (Phi) is 9.78. The Balaban J connectivity index is 2.42. The van der Waals surface area contributed by atoms with Crippen molar-refractivity contribution >= 4 is 38.9 Å². The molecular formula is C33H52N3PSi3. The summed E-state index contributed by atoms with van der Waals surface area (Å²) >= 11 is 0. The van der Waals surface area contributed by atoms with E-state index in [4.69, 9.17) is 4.74 Å². The first-order valence-electron chi connectivity index (χ1n) is 14.5. The molecule has 0 aliphatic rings. The fourth-order valence-electron chi connectivity index (χ4n) is 6.40. The van der Waals surface area contributed by atoms with E-state index >= 15 is 0 Å². The molecule has 0 N–H and O–H groups in total. The van der Waals surface area contributed by atoms with Gasteiger partial charge in [-0.15, -0.1) is 0 Å². The van der Waals surface area contributed by atoms with Crippen LogP contribution in [0, 0.1) is 41.5 Å². The molecule has 3 aromatic rings. The third kappa shape index (κ3) is 7.21. The fraction of sp³-hybridized carbons (Fsp3) is 0.455. The summed E-state index contributed by atoms with van der Waals surface area (Å²) in [7, 11) is -4.01. The average molecular weight is 606 g/mol. The van der Waals surface area contributed by atoms with E-state index in [2.05, 4.69) is 152 Å². The zero-order valence-electron chi connectivity index (χ0n) is 27.8. The van der Waals surface area contributed by atoms with Gasteiger partial charge in [0.1, 0.15) is 33.2 Å². The molecule has 3 aromatic carbocycles. The number of hydrogen-bond donors (Lipinski definition) is 0. The zero-order valence-corrected chi connectivity index (χ0v) is 31.7. The van der Waals surface area contributed by atoms with Crippen LogP contribution in [0.25, 0.3) is 22.3 Å². The molecule has 0 saturated carbocycles. The molecule has 40 heavy (non-hydrogen) atoms. The van der Waals surface area contributed by atoms with Crippen molar-refractivity contribution in [2.75, 3.05) is 0 Å². The summed E-state index contributed by atoms with van der Waals surface area (Å²) in [5.41, 5.74) is 14.1. The van der Waals surface area contributed by atoms with Gasteiger partial charge in [0.15, 0.2) is 0 Å². The van der Waals surface area contributed by atoms with E-state index in [1.54, 1.807) is 0 Å². The van der Waals surface area contributed by atoms with Crippen LogP contribution < -0.4 is 0 Å². The molecule has 0 aliphatic heterocycles. The van der Waals surface area contributed by atoms with Crippen LogP contribution in [-0.4, -0.2) is 33.5 Å². The highest BCUT2D eigenvalue weighted by Crippen LogP contribution is 2.46. The van der Waals surface area contributed by atoms with Gasteiger partial charge in [0, 0.05) is 11.1 Å².